The Morgan fingerprint density at radius 3 is 1.09 bits per heavy atom. The van der Waals surface area contributed by atoms with Gasteiger partial charge >= 0.3 is 11.9 Å². The standard InChI is InChI=1S/C59H112O5/c1-4-7-10-13-16-19-22-25-28-30-32-34-37-40-43-46-49-52-58(60)63-56-57(55-62-54-51-48-45-42-39-36-27-24-21-18-15-12-9-6-3)64-59(61)53-50-47-44-41-38-35-33-31-29-26-23-20-17-14-11-8-5-2/h12,15,21,24,57H,4-11,13-14,16-20,22-23,25-56H2,1-3H3/b15-12-,24-21-. The molecule has 0 rings (SSSR count). The van der Waals surface area contributed by atoms with E-state index in [2.05, 4.69) is 45.1 Å². The Labute approximate surface area is 400 Å². The Morgan fingerprint density at radius 1 is 0.344 bits per heavy atom. The van der Waals surface area contributed by atoms with E-state index in [9.17, 15) is 9.59 Å². The van der Waals surface area contributed by atoms with Crippen molar-refractivity contribution in [2.75, 3.05) is 19.8 Å². The molecule has 1 unspecified atom stereocenters. The summed E-state index contributed by atoms with van der Waals surface area (Å²) in [7, 11) is 0. The van der Waals surface area contributed by atoms with Crippen molar-refractivity contribution in [2.45, 2.75) is 322 Å². The molecule has 0 fully saturated rings. The second-order valence-corrected chi connectivity index (χ2v) is 19.6. The van der Waals surface area contributed by atoms with Crippen molar-refractivity contribution in [3.8, 4) is 0 Å². The Balaban J connectivity index is 4.21. The van der Waals surface area contributed by atoms with Gasteiger partial charge in [-0.2, -0.15) is 0 Å². The third-order valence-corrected chi connectivity index (χ3v) is 13.0. The highest BCUT2D eigenvalue weighted by Crippen LogP contribution is 2.17. The number of allylic oxidation sites excluding steroid dienone is 4. The van der Waals surface area contributed by atoms with Crippen LogP contribution in [0.2, 0.25) is 0 Å². The van der Waals surface area contributed by atoms with Crippen LogP contribution >= 0.6 is 0 Å². The Hall–Kier alpha value is -1.62. The SMILES string of the molecule is CCC/C=C\C/C=C\CCCCCCCCOCC(COC(=O)CCCCCCCCCCCCCCCCCCC)OC(=O)CCCCCCCCCCCCCCCCCCC. The lowest BCUT2D eigenvalue weighted by molar-refractivity contribution is -0.163. The van der Waals surface area contributed by atoms with Gasteiger partial charge in [0.2, 0.25) is 0 Å². The minimum Gasteiger partial charge on any atom is -0.462 e. The summed E-state index contributed by atoms with van der Waals surface area (Å²) in [5.74, 6) is -0.379. The van der Waals surface area contributed by atoms with Gasteiger partial charge in [-0.25, -0.2) is 0 Å². The first-order valence-corrected chi connectivity index (χ1v) is 28.9. The normalized spacial score (nSPS) is 12.2. The Bertz CT molecular complexity index is 974. The summed E-state index contributed by atoms with van der Waals surface area (Å²) in [6, 6.07) is 0. The lowest BCUT2D eigenvalue weighted by atomic mass is 10.0. The van der Waals surface area contributed by atoms with E-state index in [0.29, 0.717) is 19.4 Å². The van der Waals surface area contributed by atoms with Crippen molar-refractivity contribution in [1.29, 1.82) is 0 Å². The third-order valence-electron chi connectivity index (χ3n) is 13.0. The highest BCUT2D eigenvalue weighted by atomic mass is 16.6. The van der Waals surface area contributed by atoms with Crippen LogP contribution in [0.5, 0.6) is 0 Å². The monoisotopic (exact) mass is 901 g/mol. The first-order chi connectivity index (χ1) is 31.6. The molecule has 1 atom stereocenters. The average Bonchev–Trinajstić information content (AvgIpc) is 3.30. The second kappa shape index (κ2) is 55.7. The Morgan fingerprint density at radius 2 is 0.688 bits per heavy atom. The predicted octanol–water partition coefficient (Wildman–Crippen LogP) is 19.6. The van der Waals surface area contributed by atoms with Gasteiger partial charge in [0.25, 0.3) is 0 Å². The van der Waals surface area contributed by atoms with E-state index in [1.54, 1.807) is 0 Å². The Kier molecular flexibility index (Phi) is 54.3. The van der Waals surface area contributed by atoms with Crippen molar-refractivity contribution in [3.05, 3.63) is 24.3 Å². The summed E-state index contributed by atoms with van der Waals surface area (Å²) in [4.78, 5) is 25.5. The maximum Gasteiger partial charge on any atom is 0.306 e. The fraction of sp³-hybridized carbons (Fsp3) is 0.898. The van der Waals surface area contributed by atoms with E-state index >= 15 is 0 Å². The quantitative estimate of drug-likeness (QED) is 0.0346. The summed E-state index contributed by atoms with van der Waals surface area (Å²) in [6.45, 7) is 7.82. The smallest absolute Gasteiger partial charge is 0.306 e. The number of esters is 2. The minimum absolute atomic E-state index is 0.0893. The van der Waals surface area contributed by atoms with Crippen LogP contribution in [-0.2, 0) is 23.8 Å². The van der Waals surface area contributed by atoms with Crippen molar-refractivity contribution in [2.24, 2.45) is 0 Å². The minimum atomic E-state index is -0.534. The van der Waals surface area contributed by atoms with Gasteiger partial charge in [0.15, 0.2) is 6.10 Å². The molecule has 0 saturated carbocycles. The van der Waals surface area contributed by atoms with Crippen LogP contribution in [0.4, 0.5) is 0 Å². The first kappa shape index (κ1) is 62.4. The largest absolute Gasteiger partial charge is 0.462 e. The average molecular weight is 902 g/mol. The van der Waals surface area contributed by atoms with E-state index in [-0.39, 0.29) is 25.2 Å². The van der Waals surface area contributed by atoms with Crippen LogP contribution in [-0.4, -0.2) is 37.9 Å². The molecule has 0 aliphatic carbocycles. The van der Waals surface area contributed by atoms with Gasteiger partial charge < -0.3 is 14.2 Å². The maximum atomic E-state index is 12.9. The molecule has 0 aromatic carbocycles. The zero-order valence-electron chi connectivity index (χ0n) is 43.6. The molecule has 0 spiro atoms. The van der Waals surface area contributed by atoms with Gasteiger partial charge in [-0.1, -0.05) is 283 Å². The number of ether oxygens (including phenoxy) is 3. The summed E-state index contributed by atoms with van der Waals surface area (Å²) < 4.78 is 17.5. The molecule has 5 heteroatoms. The first-order valence-electron chi connectivity index (χ1n) is 28.9. The fourth-order valence-corrected chi connectivity index (χ4v) is 8.67. The van der Waals surface area contributed by atoms with Gasteiger partial charge in [-0.15, -0.1) is 0 Å². The van der Waals surface area contributed by atoms with Crippen LogP contribution < -0.4 is 0 Å². The van der Waals surface area contributed by atoms with Crippen LogP contribution in [0, 0.1) is 0 Å². The number of unbranched alkanes of at least 4 members (excludes halogenated alkanes) is 39. The van der Waals surface area contributed by atoms with Crippen molar-refractivity contribution in [3.63, 3.8) is 0 Å². The topological polar surface area (TPSA) is 61.8 Å². The molecular formula is C59H112O5. The van der Waals surface area contributed by atoms with E-state index in [1.165, 1.54) is 238 Å². The van der Waals surface area contributed by atoms with Gasteiger partial charge in [0, 0.05) is 19.4 Å². The molecule has 0 amide bonds. The number of carbonyl (C=O) groups is 2. The molecule has 0 aliphatic rings. The van der Waals surface area contributed by atoms with Crippen LogP contribution in [0.25, 0.3) is 0 Å². The van der Waals surface area contributed by atoms with E-state index in [4.69, 9.17) is 14.2 Å². The predicted molar refractivity (Wildman–Crippen MR) is 279 cm³/mol. The molecule has 0 saturated heterocycles. The molecule has 0 N–H and O–H groups in total. The molecule has 378 valence electrons. The molecule has 0 aromatic rings. The van der Waals surface area contributed by atoms with Gasteiger partial charge in [0.05, 0.1) is 6.61 Å². The van der Waals surface area contributed by atoms with Crippen LogP contribution in [0.1, 0.15) is 316 Å². The van der Waals surface area contributed by atoms with Crippen LogP contribution in [0.15, 0.2) is 24.3 Å². The molecule has 0 aliphatic heterocycles. The zero-order valence-corrected chi connectivity index (χ0v) is 43.6. The van der Waals surface area contributed by atoms with E-state index in [1.807, 2.05) is 0 Å². The molecule has 0 radical (unpaired) electrons. The number of hydrogen-bond acceptors (Lipinski definition) is 5. The molecule has 64 heavy (non-hydrogen) atoms. The second-order valence-electron chi connectivity index (χ2n) is 19.6. The van der Waals surface area contributed by atoms with Gasteiger partial charge in [-0.3, -0.25) is 9.59 Å². The van der Waals surface area contributed by atoms with Gasteiger partial charge in [-0.05, 0) is 44.9 Å². The van der Waals surface area contributed by atoms with Gasteiger partial charge in [0.1, 0.15) is 6.61 Å². The summed E-state index contributed by atoms with van der Waals surface area (Å²) in [5.41, 5.74) is 0. The van der Waals surface area contributed by atoms with E-state index < -0.39 is 6.10 Å². The number of rotatable bonds is 54. The lowest BCUT2D eigenvalue weighted by Crippen LogP contribution is -2.30. The third kappa shape index (κ3) is 53.0. The highest BCUT2D eigenvalue weighted by Gasteiger charge is 2.17. The van der Waals surface area contributed by atoms with Crippen molar-refractivity contribution in [1.82, 2.24) is 0 Å². The van der Waals surface area contributed by atoms with Crippen molar-refractivity contribution >= 4 is 11.9 Å². The summed E-state index contributed by atoms with van der Waals surface area (Å²) >= 11 is 0. The molecular weight excluding hydrogens is 789 g/mol. The van der Waals surface area contributed by atoms with Crippen molar-refractivity contribution < 1.29 is 23.8 Å². The molecule has 5 nitrogen and oxygen atoms in total. The zero-order chi connectivity index (χ0) is 46.3. The fourth-order valence-electron chi connectivity index (χ4n) is 8.67. The molecule has 0 bridgehead atoms. The van der Waals surface area contributed by atoms with Crippen LogP contribution in [0.3, 0.4) is 0 Å². The molecule has 0 aromatic heterocycles. The summed E-state index contributed by atoms with van der Waals surface area (Å²) in [6.07, 6.45) is 66.2. The highest BCUT2D eigenvalue weighted by molar-refractivity contribution is 5.70. The number of hydrogen-bond donors (Lipinski definition) is 0. The van der Waals surface area contributed by atoms with E-state index in [0.717, 1.165) is 44.9 Å². The maximum absolute atomic E-state index is 12.9. The lowest BCUT2D eigenvalue weighted by Gasteiger charge is -2.18. The summed E-state index contributed by atoms with van der Waals surface area (Å²) in [5, 5.41) is 0. The number of carbonyl (C=O) groups excluding carboxylic acids is 2. The molecule has 0 heterocycles.